The summed E-state index contributed by atoms with van der Waals surface area (Å²) < 4.78 is 27.4. The minimum atomic E-state index is -3.37. The lowest BCUT2D eigenvalue weighted by Gasteiger charge is -2.15. The first-order valence-electron chi connectivity index (χ1n) is 7.20. The van der Waals surface area contributed by atoms with Crippen molar-refractivity contribution in [3.63, 3.8) is 0 Å². The lowest BCUT2D eigenvalue weighted by molar-refractivity contribution is 0.432. The van der Waals surface area contributed by atoms with Gasteiger partial charge in [0, 0.05) is 12.4 Å². The molecule has 0 atom stereocenters. The maximum Gasteiger partial charge on any atom is 0.240 e. The van der Waals surface area contributed by atoms with E-state index in [0.717, 1.165) is 17.9 Å². The predicted octanol–water partition coefficient (Wildman–Crippen LogP) is 2.94. The summed E-state index contributed by atoms with van der Waals surface area (Å²) in [4.78, 5) is 0.349. The van der Waals surface area contributed by atoms with E-state index in [1.807, 2.05) is 12.1 Å². The van der Waals surface area contributed by atoms with Crippen molar-refractivity contribution in [1.82, 2.24) is 4.72 Å². The molecule has 0 radical (unpaired) electrons. The molecule has 3 rings (SSSR count). The van der Waals surface area contributed by atoms with Crippen LogP contribution in [0.25, 0.3) is 0 Å². The highest BCUT2D eigenvalue weighted by Crippen LogP contribution is 2.60. The second-order valence-electron chi connectivity index (χ2n) is 6.04. The molecule has 110 valence electrons. The van der Waals surface area contributed by atoms with Crippen LogP contribution in [0.4, 0.5) is 0 Å². The smallest absolute Gasteiger partial charge is 0.211 e. The van der Waals surface area contributed by atoms with E-state index in [-0.39, 0.29) is 5.41 Å². The van der Waals surface area contributed by atoms with Gasteiger partial charge in [-0.25, -0.2) is 13.1 Å². The van der Waals surface area contributed by atoms with Crippen LogP contribution in [-0.2, 0) is 16.4 Å². The summed E-state index contributed by atoms with van der Waals surface area (Å²) in [5.41, 5.74) is 1.35. The number of aryl methyl sites for hydroxylation is 1. The molecular formula is C15H20ClNO2S. The summed E-state index contributed by atoms with van der Waals surface area (Å²) in [6.45, 7) is 0.601. The van der Waals surface area contributed by atoms with Crippen molar-refractivity contribution in [2.24, 2.45) is 11.3 Å². The Kier molecular flexibility index (Phi) is 3.82. The first-order valence-corrected chi connectivity index (χ1v) is 9.22. The zero-order valence-electron chi connectivity index (χ0n) is 11.4. The number of rotatable bonds is 7. The van der Waals surface area contributed by atoms with Gasteiger partial charge in [-0.15, -0.1) is 11.6 Å². The van der Waals surface area contributed by atoms with Crippen molar-refractivity contribution in [3.05, 3.63) is 29.8 Å². The molecule has 2 aliphatic carbocycles. The van der Waals surface area contributed by atoms with E-state index >= 15 is 0 Å². The normalized spacial score (nSPS) is 20.9. The first kappa shape index (κ1) is 14.4. The maximum absolute atomic E-state index is 12.3. The number of alkyl halides is 1. The van der Waals surface area contributed by atoms with Gasteiger partial charge in [0.1, 0.15) is 0 Å². The van der Waals surface area contributed by atoms with Crippen molar-refractivity contribution in [2.75, 3.05) is 12.4 Å². The SMILES string of the molecule is O=S(=O)(NCC1(C2CC2)CC1)c1ccc(CCCl)cc1. The summed E-state index contributed by atoms with van der Waals surface area (Å²) in [5.74, 6) is 1.31. The van der Waals surface area contributed by atoms with Gasteiger partial charge in [0.2, 0.25) is 10.0 Å². The lowest BCUT2D eigenvalue weighted by atomic mass is 10.0. The van der Waals surface area contributed by atoms with Gasteiger partial charge in [-0.3, -0.25) is 0 Å². The Bertz CT molecular complexity index is 574. The average molecular weight is 314 g/mol. The van der Waals surface area contributed by atoms with Gasteiger partial charge in [-0.2, -0.15) is 0 Å². The third-order valence-electron chi connectivity index (χ3n) is 4.57. The third-order valence-corrected chi connectivity index (χ3v) is 6.17. The highest BCUT2D eigenvalue weighted by atomic mass is 35.5. The fraction of sp³-hybridized carbons (Fsp3) is 0.600. The standard InChI is InChI=1S/C15H20ClNO2S/c16-10-7-12-1-5-14(6-2-12)20(18,19)17-11-15(8-9-15)13-3-4-13/h1-2,5-6,13,17H,3-4,7-11H2. The minimum Gasteiger partial charge on any atom is -0.211 e. The van der Waals surface area contributed by atoms with Crippen LogP contribution in [0.3, 0.4) is 0 Å². The predicted molar refractivity (Wildman–Crippen MR) is 80.4 cm³/mol. The minimum absolute atomic E-state index is 0.283. The molecule has 1 aromatic rings. The fourth-order valence-electron chi connectivity index (χ4n) is 2.85. The summed E-state index contributed by atoms with van der Waals surface area (Å²) in [5, 5.41) is 0. The van der Waals surface area contributed by atoms with Gasteiger partial charge in [0.15, 0.2) is 0 Å². The van der Waals surface area contributed by atoms with Gasteiger partial charge in [-0.05, 0) is 61.1 Å². The molecule has 20 heavy (non-hydrogen) atoms. The topological polar surface area (TPSA) is 46.2 Å². The Labute approximate surface area is 125 Å². The lowest BCUT2D eigenvalue weighted by Crippen LogP contribution is -2.31. The van der Waals surface area contributed by atoms with Crippen LogP contribution in [0.15, 0.2) is 29.2 Å². The van der Waals surface area contributed by atoms with Gasteiger partial charge in [0.25, 0.3) is 0 Å². The number of halogens is 1. The molecule has 1 N–H and O–H groups in total. The molecule has 3 nitrogen and oxygen atoms in total. The summed E-state index contributed by atoms with van der Waals surface area (Å²) >= 11 is 5.68. The molecule has 0 amide bonds. The quantitative estimate of drug-likeness (QED) is 0.787. The highest BCUT2D eigenvalue weighted by molar-refractivity contribution is 7.89. The van der Waals surface area contributed by atoms with E-state index in [2.05, 4.69) is 4.72 Å². The summed E-state index contributed by atoms with van der Waals surface area (Å²) in [6.07, 6.45) is 5.66. The molecular weight excluding hydrogens is 294 g/mol. The molecule has 2 aliphatic rings. The number of benzene rings is 1. The molecule has 0 spiro atoms. The van der Waals surface area contributed by atoms with Crippen molar-refractivity contribution < 1.29 is 8.42 Å². The second-order valence-corrected chi connectivity index (χ2v) is 8.19. The Morgan fingerprint density at radius 2 is 1.85 bits per heavy atom. The monoisotopic (exact) mass is 313 g/mol. The van der Waals surface area contributed by atoms with Crippen molar-refractivity contribution in [1.29, 1.82) is 0 Å². The van der Waals surface area contributed by atoms with Gasteiger partial charge >= 0.3 is 0 Å². The second kappa shape index (κ2) is 5.32. The van der Waals surface area contributed by atoms with Gasteiger partial charge in [0.05, 0.1) is 4.90 Å². The summed E-state index contributed by atoms with van der Waals surface area (Å²) in [6, 6.07) is 7.01. The largest absolute Gasteiger partial charge is 0.240 e. The third kappa shape index (κ3) is 3.02. The van der Waals surface area contributed by atoms with Crippen LogP contribution < -0.4 is 4.72 Å². The van der Waals surface area contributed by atoms with Crippen LogP contribution in [-0.4, -0.2) is 20.8 Å². The van der Waals surface area contributed by atoms with Crippen LogP contribution in [0.1, 0.15) is 31.2 Å². The van der Waals surface area contributed by atoms with E-state index in [0.29, 0.717) is 17.3 Å². The maximum atomic E-state index is 12.3. The average Bonchev–Trinajstić information content (AvgIpc) is 3.29. The molecule has 0 bridgehead atoms. The summed E-state index contributed by atoms with van der Waals surface area (Å²) in [7, 11) is -3.37. The zero-order valence-corrected chi connectivity index (χ0v) is 13.0. The van der Waals surface area contributed by atoms with Crippen molar-refractivity contribution in [2.45, 2.75) is 37.0 Å². The molecule has 0 aromatic heterocycles. The van der Waals surface area contributed by atoms with Crippen LogP contribution in [0.5, 0.6) is 0 Å². The van der Waals surface area contributed by atoms with Gasteiger partial charge in [-0.1, -0.05) is 12.1 Å². The number of hydrogen-bond acceptors (Lipinski definition) is 2. The van der Waals surface area contributed by atoms with Crippen LogP contribution in [0, 0.1) is 11.3 Å². The van der Waals surface area contributed by atoms with Crippen molar-refractivity contribution in [3.8, 4) is 0 Å². The molecule has 2 saturated carbocycles. The first-order chi connectivity index (χ1) is 9.56. The molecule has 5 heteroatoms. The van der Waals surface area contributed by atoms with E-state index < -0.39 is 10.0 Å². The van der Waals surface area contributed by atoms with E-state index in [1.165, 1.54) is 25.7 Å². The Morgan fingerprint density at radius 3 is 2.35 bits per heavy atom. The van der Waals surface area contributed by atoms with Crippen molar-refractivity contribution >= 4 is 21.6 Å². The Hall–Kier alpha value is -0.580. The highest BCUT2D eigenvalue weighted by Gasteiger charge is 2.53. The Morgan fingerprint density at radius 1 is 1.20 bits per heavy atom. The number of hydrogen-bond donors (Lipinski definition) is 1. The van der Waals surface area contributed by atoms with E-state index in [4.69, 9.17) is 11.6 Å². The number of sulfonamides is 1. The Balaban J connectivity index is 1.65. The molecule has 0 unspecified atom stereocenters. The van der Waals surface area contributed by atoms with Gasteiger partial charge < -0.3 is 0 Å². The van der Waals surface area contributed by atoms with E-state index in [9.17, 15) is 8.42 Å². The molecule has 0 heterocycles. The van der Waals surface area contributed by atoms with Crippen LogP contribution >= 0.6 is 11.6 Å². The molecule has 1 aromatic carbocycles. The van der Waals surface area contributed by atoms with E-state index in [1.54, 1.807) is 12.1 Å². The molecule has 2 fully saturated rings. The molecule has 0 saturated heterocycles. The molecule has 0 aliphatic heterocycles. The van der Waals surface area contributed by atoms with Crippen LogP contribution in [0.2, 0.25) is 0 Å². The fourth-order valence-corrected chi connectivity index (χ4v) is 4.21. The zero-order chi connectivity index (χ0) is 14.2. The number of nitrogens with one attached hydrogen (secondary N) is 1.